The molecule has 0 unspecified atom stereocenters. The van der Waals surface area contributed by atoms with Crippen LogP contribution in [0.15, 0.2) is 47.6 Å². The summed E-state index contributed by atoms with van der Waals surface area (Å²) in [5, 5.41) is 7.70. The molecule has 1 aromatic heterocycles. The molecule has 0 bridgehead atoms. The van der Waals surface area contributed by atoms with E-state index < -0.39 is 0 Å². The van der Waals surface area contributed by atoms with Crippen LogP contribution in [-0.4, -0.2) is 37.7 Å². The van der Waals surface area contributed by atoms with E-state index in [4.69, 9.17) is 27.9 Å². The van der Waals surface area contributed by atoms with Crippen LogP contribution in [0.4, 0.5) is 0 Å². The molecular formula is C18H22Cl2N4O. The lowest BCUT2D eigenvalue weighted by Gasteiger charge is -2.12. The second-order valence-electron chi connectivity index (χ2n) is 5.35. The molecule has 2 rings (SSSR count). The number of benzene rings is 1. The minimum absolute atomic E-state index is 0.506. The minimum atomic E-state index is 0.506. The van der Waals surface area contributed by atoms with E-state index in [1.54, 1.807) is 19.3 Å². The molecule has 0 atom stereocenters. The second kappa shape index (κ2) is 10.9. The van der Waals surface area contributed by atoms with Crippen molar-refractivity contribution in [3.63, 3.8) is 0 Å². The van der Waals surface area contributed by atoms with Gasteiger partial charge in [-0.25, -0.2) is 4.98 Å². The van der Waals surface area contributed by atoms with Gasteiger partial charge in [0.05, 0.1) is 13.2 Å². The van der Waals surface area contributed by atoms with Gasteiger partial charge in [0.15, 0.2) is 5.96 Å². The maximum atomic E-state index is 5.94. The van der Waals surface area contributed by atoms with Gasteiger partial charge in [0.1, 0.15) is 5.15 Å². The van der Waals surface area contributed by atoms with Crippen LogP contribution in [0.5, 0.6) is 0 Å². The summed E-state index contributed by atoms with van der Waals surface area (Å²) in [6.07, 6.45) is 2.63. The predicted molar refractivity (Wildman–Crippen MR) is 103 cm³/mol. The molecule has 7 heteroatoms. The molecule has 1 aromatic carbocycles. The van der Waals surface area contributed by atoms with Crippen LogP contribution in [0.3, 0.4) is 0 Å². The van der Waals surface area contributed by atoms with Gasteiger partial charge in [-0.2, -0.15) is 0 Å². The highest BCUT2D eigenvalue weighted by atomic mass is 35.5. The van der Waals surface area contributed by atoms with Crippen molar-refractivity contribution in [2.45, 2.75) is 13.0 Å². The molecule has 5 nitrogen and oxygen atoms in total. The van der Waals surface area contributed by atoms with Gasteiger partial charge < -0.3 is 15.4 Å². The van der Waals surface area contributed by atoms with Crippen LogP contribution in [0.1, 0.15) is 11.1 Å². The van der Waals surface area contributed by atoms with Gasteiger partial charge in [-0.15, -0.1) is 0 Å². The molecule has 0 spiro atoms. The zero-order chi connectivity index (χ0) is 17.9. The molecular weight excluding hydrogens is 359 g/mol. The standard InChI is InChI=1S/C18H22Cl2N4O/c1-21-18(22-8-7-14-5-6-17(20)24-12-14)23-9-10-25-13-15-3-2-4-16(19)11-15/h2-6,11-12H,7-10,13H2,1H3,(H2,21,22,23). The molecule has 134 valence electrons. The first-order valence-electron chi connectivity index (χ1n) is 8.04. The predicted octanol–water partition coefficient (Wildman–Crippen LogP) is 3.31. The van der Waals surface area contributed by atoms with Crippen molar-refractivity contribution in [3.8, 4) is 0 Å². The monoisotopic (exact) mass is 380 g/mol. The molecule has 1 heterocycles. The van der Waals surface area contributed by atoms with E-state index in [2.05, 4.69) is 20.6 Å². The van der Waals surface area contributed by atoms with Crippen molar-refractivity contribution in [3.05, 3.63) is 63.9 Å². The number of aliphatic imine (C=N–C) groups is 1. The molecule has 2 N–H and O–H groups in total. The highest BCUT2D eigenvalue weighted by Crippen LogP contribution is 2.11. The summed E-state index contributed by atoms with van der Waals surface area (Å²) in [5.74, 6) is 0.744. The van der Waals surface area contributed by atoms with Gasteiger partial charge in [-0.05, 0) is 35.7 Å². The molecule has 0 radical (unpaired) electrons. The first kappa shape index (κ1) is 19.5. The summed E-state index contributed by atoms with van der Waals surface area (Å²) >= 11 is 11.7. The third-order valence-corrected chi connectivity index (χ3v) is 3.87. The van der Waals surface area contributed by atoms with E-state index in [-0.39, 0.29) is 0 Å². The fourth-order valence-corrected chi connectivity index (χ4v) is 2.48. The van der Waals surface area contributed by atoms with Crippen molar-refractivity contribution >= 4 is 29.2 Å². The maximum absolute atomic E-state index is 5.94. The largest absolute Gasteiger partial charge is 0.375 e. The molecule has 0 aliphatic carbocycles. The van der Waals surface area contributed by atoms with E-state index >= 15 is 0 Å². The zero-order valence-electron chi connectivity index (χ0n) is 14.1. The second-order valence-corrected chi connectivity index (χ2v) is 6.17. The Kier molecular flexibility index (Phi) is 8.52. The number of nitrogens with one attached hydrogen (secondary N) is 2. The SMILES string of the molecule is CN=C(NCCOCc1cccc(Cl)c1)NCCc1ccc(Cl)nc1. The summed E-state index contributed by atoms with van der Waals surface area (Å²) in [6.45, 7) is 2.54. The molecule has 0 aliphatic heterocycles. The maximum Gasteiger partial charge on any atom is 0.191 e. The lowest BCUT2D eigenvalue weighted by molar-refractivity contribution is 0.125. The summed E-state index contributed by atoms with van der Waals surface area (Å²) in [5.41, 5.74) is 2.18. The van der Waals surface area contributed by atoms with Crippen LogP contribution in [0, 0.1) is 0 Å². The Labute approximate surface area is 158 Å². The molecule has 0 saturated carbocycles. The molecule has 25 heavy (non-hydrogen) atoms. The van der Waals surface area contributed by atoms with Crippen LogP contribution in [0.25, 0.3) is 0 Å². The molecule has 0 saturated heterocycles. The number of guanidine groups is 1. The Hall–Kier alpha value is -1.82. The lowest BCUT2D eigenvalue weighted by atomic mass is 10.2. The minimum Gasteiger partial charge on any atom is -0.375 e. The number of ether oxygens (including phenoxy) is 1. The number of aromatic nitrogens is 1. The fraction of sp³-hybridized carbons (Fsp3) is 0.333. The van der Waals surface area contributed by atoms with Gasteiger partial charge in [0, 0.05) is 31.4 Å². The molecule has 0 fully saturated rings. The normalized spacial score (nSPS) is 11.4. The Bertz CT molecular complexity index is 677. The van der Waals surface area contributed by atoms with Crippen molar-refractivity contribution in [2.75, 3.05) is 26.7 Å². The van der Waals surface area contributed by atoms with Gasteiger partial charge in [0.25, 0.3) is 0 Å². The molecule has 2 aromatic rings. The van der Waals surface area contributed by atoms with Crippen molar-refractivity contribution in [1.29, 1.82) is 0 Å². The number of rotatable bonds is 8. The summed E-state index contributed by atoms with van der Waals surface area (Å²) in [6, 6.07) is 11.4. The smallest absolute Gasteiger partial charge is 0.191 e. The third kappa shape index (κ3) is 7.73. The van der Waals surface area contributed by atoms with Crippen LogP contribution in [-0.2, 0) is 17.8 Å². The van der Waals surface area contributed by atoms with Crippen molar-refractivity contribution in [2.24, 2.45) is 4.99 Å². The van der Waals surface area contributed by atoms with E-state index in [0.29, 0.717) is 24.9 Å². The Morgan fingerprint density at radius 2 is 1.96 bits per heavy atom. The highest BCUT2D eigenvalue weighted by molar-refractivity contribution is 6.30. The summed E-state index contributed by atoms with van der Waals surface area (Å²) in [7, 11) is 1.74. The van der Waals surface area contributed by atoms with Crippen LogP contribution < -0.4 is 10.6 Å². The van der Waals surface area contributed by atoms with Gasteiger partial charge in [-0.1, -0.05) is 41.4 Å². The van der Waals surface area contributed by atoms with Crippen molar-refractivity contribution in [1.82, 2.24) is 15.6 Å². The topological polar surface area (TPSA) is 58.5 Å². The van der Waals surface area contributed by atoms with Crippen molar-refractivity contribution < 1.29 is 4.74 Å². The Morgan fingerprint density at radius 1 is 1.12 bits per heavy atom. The number of nitrogens with zero attached hydrogens (tertiary/aromatic N) is 2. The first-order valence-corrected chi connectivity index (χ1v) is 8.80. The average Bonchev–Trinajstić information content (AvgIpc) is 2.61. The first-order chi connectivity index (χ1) is 12.2. The average molecular weight is 381 g/mol. The molecule has 0 aliphatic rings. The van der Waals surface area contributed by atoms with Gasteiger partial charge in [0.2, 0.25) is 0 Å². The summed E-state index contributed by atoms with van der Waals surface area (Å²) < 4.78 is 5.63. The van der Waals surface area contributed by atoms with E-state index in [0.717, 1.165) is 35.1 Å². The number of hydrogen-bond donors (Lipinski definition) is 2. The Balaban J connectivity index is 1.59. The number of pyridine rings is 1. The Morgan fingerprint density at radius 3 is 2.68 bits per heavy atom. The molecule has 0 amide bonds. The van der Waals surface area contributed by atoms with E-state index in [1.165, 1.54) is 0 Å². The van der Waals surface area contributed by atoms with Crippen LogP contribution in [0.2, 0.25) is 10.2 Å². The highest BCUT2D eigenvalue weighted by Gasteiger charge is 1.99. The zero-order valence-corrected chi connectivity index (χ0v) is 15.6. The number of hydrogen-bond acceptors (Lipinski definition) is 3. The van der Waals surface area contributed by atoms with Gasteiger partial charge in [-0.3, -0.25) is 4.99 Å². The van der Waals surface area contributed by atoms with Crippen LogP contribution >= 0.6 is 23.2 Å². The number of halogens is 2. The lowest BCUT2D eigenvalue weighted by Crippen LogP contribution is -2.39. The van der Waals surface area contributed by atoms with E-state index in [9.17, 15) is 0 Å². The fourth-order valence-electron chi connectivity index (χ4n) is 2.16. The third-order valence-electron chi connectivity index (χ3n) is 3.41. The quantitative estimate of drug-likeness (QED) is 0.319. The summed E-state index contributed by atoms with van der Waals surface area (Å²) in [4.78, 5) is 8.25. The van der Waals surface area contributed by atoms with Gasteiger partial charge >= 0.3 is 0 Å². The van der Waals surface area contributed by atoms with E-state index in [1.807, 2.05) is 30.3 Å².